The van der Waals surface area contributed by atoms with Crippen molar-refractivity contribution < 1.29 is 9.47 Å². The van der Waals surface area contributed by atoms with Gasteiger partial charge in [0.25, 0.3) is 0 Å². The molecule has 0 amide bonds. The zero-order chi connectivity index (χ0) is 12.1. The Morgan fingerprint density at radius 1 is 0.684 bits per heavy atom. The van der Waals surface area contributed by atoms with E-state index < -0.39 is 0 Å². The van der Waals surface area contributed by atoms with Gasteiger partial charge in [-0.2, -0.15) is 0 Å². The van der Waals surface area contributed by atoms with E-state index in [1.54, 1.807) is 24.3 Å². The number of ether oxygens (including phenoxy) is 2. The Morgan fingerprint density at radius 3 is 1.42 bits per heavy atom. The fourth-order valence-corrected chi connectivity index (χ4v) is 1.38. The van der Waals surface area contributed by atoms with Crippen LogP contribution in [0.2, 0.25) is 0 Å². The van der Waals surface area contributed by atoms with Crippen molar-refractivity contribution in [3.63, 3.8) is 0 Å². The van der Waals surface area contributed by atoms with Gasteiger partial charge in [0.1, 0.15) is 11.5 Å². The maximum atomic E-state index is 5.72. The highest BCUT2D eigenvalue weighted by molar-refractivity contribution is 5.85. The molecule has 0 aliphatic heterocycles. The van der Waals surface area contributed by atoms with Crippen molar-refractivity contribution in [3.8, 4) is 11.5 Å². The summed E-state index contributed by atoms with van der Waals surface area (Å²) >= 11 is 0. The maximum absolute atomic E-state index is 5.72. The molecule has 0 fully saturated rings. The molecule has 0 atom stereocenters. The van der Waals surface area contributed by atoms with Crippen LogP contribution in [0.1, 0.15) is 0 Å². The van der Waals surface area contributed by atoms with Gasteiger partial charge in [0.05, 0.1) is 11.4 Å². The number of para-hydroxylation sites is 4. The minimum atomic E-state index is 0. The standard InChI is InChI=1S/C13H14N2O2.2ClH/c14-10-5-1-3-7-12(10)16-9-17-13-8-4-2-6-11(13)15;;/h1-8H,9,14-15H2;2*1H. The van der Waals surface area contributed by atoms with Crippen LogP contribution in [0.15, 0.2) is 48.5 Å². The Labute approximate surface area is 124 Å². The van der Waals surface area contributed by atoms with E-state index in [0.29, 0.717) is 22.9 Å². The van der Waals surface area contributed by atoms with E-state index in [-0.39, 0.29) is 31.6 Å². The Kier molecular flexibility index (Phi) is 7.56. The molecule has 0 aromatic heterocycles. The van der Waals surface area contributed by atoms with Crippen molar-refractivity contribution in [1.82, 2.24) is 0 Å². The van der Waals surface area contributed by atoms with E-state index in [0.717, 1.165) is 0 Å². The molecule has 2 rings (SSSR count). The number of benzene rings is 2. The number of anilines is 2. The van der Waals surface area contributed by atoms with Crippen LogP contribution in [0.5, 0.6) is 11.5 Å². The highest BCUT2D eigenvalue weighted by Gasteiger charge is 2.00. The summed E-state index contributed by atoms with van der Waals surface area (Å²) in [5.74, 6) is 1.20. The molecule has 0 spiro atoms. The number of nitrogens with two attached hydrogens (primary N) is 2. The second kappa shape index (κ2) is 8.34. The molecule has 0 heterocycles. The summed E-state index contributed by atoms with van der Waals surface area (Å²) in [7, 11) is 0. The molecule has 6 heteroatoms. The molecule has 0 aliphatic carbocycles. The molecule has 2 aromatic rings. The van der Waals surface area contributed by atoms with Gasteiger partial charge in [0.15, 0.2) is 0 Å². The zero-order valence-corrected chi connectivity index (χ0v) is 11.7. The molecule has 4 N–H and O–H groups in total. The van der Waals surface area contributed by atoms with E-state index in [1.165, 1.54) is 0 Å². The van der Waals surface area contributed by atoms with Crippen LogP contribution in [0.25, 0.3) is 0 Å². The molecule has 0 bridgehead atoms. The van der Waals surface area contributed by atoms with Crippen molar-refractivity contribution >= 4 is 36.2 Å². The number of halogens is 2. The van der Waals surface area contributed by atoms with E-state index in [1.807, 2.05) is 24.3 Å². The fourth-order valence-electron chi connectivity index (χ4n) is 1.38. The van der Waals surface area contributed by atoms with Gasteiger partial charge in [-0.05, 0) is 24.3 Å². The summed E-state index contributed by atoms with van der Waals surface area (Å²) in [6.07, 6.45) is 0. The summed E-state index contributed by atoms with van der Waals surface area (Å²) < 4.78 is 10.8. The topological polar surface area (TPSA) is 70.5 Å². The zero-order valence-electron chi connectivity index (χ0n) is 10.1. The summed E-state index contributed by atoms with van der Waals surface area (Å²) in [5.41, 5.74) is 12.6. The molecule has 0 saturated heterocycles. The maximum Gasteiger partial charge on any atom is 0.231 e. The molecule has 19 heavy (non-hydrogen) atoms. The number of hydrogen-bond donors (Lipinski definition) is 2. The first kappa shape index (κ1) is 17.2. The third-order valence-electron chi connectivity index (χ3n) is 2.27. The van der Waals surface area contributed by atoms with Crippen LogP contribution in [0, 0.1) is 0 Å². The summed E-state index contributed by atoms with van der Waals surface area (Å²) in [5, 5.41) is 0. The van der Waals surface area contributed by atoms with Gasteiger partial charge in [-0.1, -0.05) is 24.3 Å². The van der Waals surface area contributed by atoms with Crippen molar-refractivity contribution in [2.75, 3.05) is 18.3 Å². The van der Waals surface area contributed by atoms with Gasteiger partial charge >= 0.3 is 0 Å². The lowest BCUT2D eigenvalue weighted by atomic mass is 10.3. The molecular weight excluding hydrogens is 287 g/mol. The van der Waals surface area contributed by atoms with Crippen molar-refractivity contribution in [3.05, 3.63) is 48.5 Å². The minimum absolute atomic E-state index is 0. The molecule has 0 saturated carbocycles. The minimum Gasteiger partial charge on any atom is -0.455 e. The third-order valence-corrected chi connectivity index (χ3v) is 2.27. The molecular formula is C13H16Cl2N2O2. The van der Waals surface area contributed by atoms with Crippen LogP contribution >= 0.6 is 24.8 Å². The van der Waals surface area contributed by atoms with Gasteiger partial charge in [-0.25, -0.2) is 0 Å². The molecule has 104 valence electrons. The number of rotatable bonds is 4. The van der Waals surface area contributed by atoms with Crippen molar-refractivity contribution in [2.45, 2.75) is 0 Å². The molecule has 0 aliphatic rings. The predicted octanol–water partition coefficient (Wildman–Crippen LogP) is 3.11. The monoisotopic (exact) mass is 302 g/mol. The van der Waals surface area contributed by atoms with Crippen LogP contribution < -0.4 is 20.9 Å². The average molecular weight is 303 g/mol. The third kappa shape index (κ3) is 4.77. The first-order chi connectivity index (χ1) is 8.27. The summed E-state index contributed by atoms with van der Waals surface area (Å²) in [4.78, 5) is 0. The van der Waals surface area contributed by atoms with Gasteiger partial charge in [0, 0.05) is 0 Å². The second-order valence-electron chi connectivity index (χ2n) is 3.48. The lowest BCUT2D eigenvalue weighted by molar-refractivity contribution is 0.121. The molecule has 0 unspecified atom stereocenters. The van der Waals surface area contributed by atoms with Crippen LogP contribution in [-0.2, 0) is 0 Å². The Hall–Kier alpha value is -1.78. The highest BCUT2D eigenvalue weighted by atomic mass is 35.5. The highest BCUT2D eigenvalue weighted by Crippen LogP contribution is 2.22. The van der Waals surface area contributed by atoms with E-state index in [9.17, 15) is 0 Å². The van der Waals surface area contributed by atoms with Gasteiger partial charge in [-0.3, -0.25) is 0 Å². The SMILES string of the molecule is Cl.Cl.Nc1ccccc1OCOc1ccccc1N. The lowest BCUT2D eigenvalue weighted by Crippen LogP contribution is -2.08. The van der Waals surface area contributed by atoms with E-state index >= 15 is 0 Å². The Bertz CT molecular complexity index is 464. The van der Waals surface area contributed by atoms with Gasteiger partial charge < -0.3 is 20.9 Å². The molecule has 2 aromatic carbocycles. The number of nitrogen functional groups attached to an aromatic ring is 2. The summed E-state index contributed by atoms with van der Waals surface area (Å²) in [6.45, 7) is 0.0719. The van der Waals surface area contributed by atoms with Crippen LogP contribution in [-0.4, -0.2) is 6.79 Å². The Morgan fingerprint density at radius 2 is 1.05 bits per heavy atom. The van der Waals surface area contributed by atoms with Crippen LogP contribution in [0.3, 0.4) is 0 Å². The molecule has 4 nitrogen and oxygen atoms in total. The van der Waals surface area contributed by atoms with E-state index in [4.69, 9.17) is 20.9 Å². The van der Waals surface area contributed by atoms with Crippen molar-refractivity contribution in [1.29, 1.82) is 0 Å². The summed E-state index contributed by atoms with van der Waals surface area (Å²) in [6, 6.07) is 14.5. The smallest absolute Gasteiger partial charge is 0.231 e. The fraction of sp³-hybridized carbons (Fsp3) is 0.0769. The second-order valence-corrected chi connectivity index (χ2v) is 3.48. The van der Waals surface area contributed by atoms with Gasteiger partial charge in [0.2, 0.25) is 6.79 Å². The van der Waals surface area contributed by atoms with E-state index in [2.05, 4.69) is 0 Å². The Balaban J connectivity index is 0.00000162. The first-order valence-electron chi connectivity index (χ1n) is 5.22. The number of hydrogen-bond acceptors (Lipinski definition) is 4. The normalized spacial score (nSPS) is 8.84. The molecule has 0 radical (unpaired) electrons. The quantitative estimate of drug-likeness (QED) is 0.672. The predicted molar refractivity (Wildman–Crippen MR) is 82.3 cm³/mol. The first-order valence-corrected chi connectivity index (χ1v) is 5.22. The van der Waals surface area contributed by atoms with Crippen molar-refractivity contribution in [2.24, 2.45) is 0 Å². The van der Waals surface area contributed by atoms with Crippen LogP contribution in [0.4, 0.5) is 11.4 Å². The van der Waals surface area contributed by atoms with Gasteiger partial charge in [-0.15, -0.1) is 24.8 Å². The lowest BCUT2D eigenvalue weighted by Gasteiger charge is -2.11. The largest absolute Gasteiger partial charge is 0.455 e. The average Bonchev–Trinajstić information content (AvgIpc) is 2.34.